The third-order valence-corrected chi connectivity index (χ3v) is 18.7. The van der Waals surface area contributed by atoms with E-state index in [0.29, 0.717) is 0 Å². The predicted molar refractivity (Wildman–Crippen MR) is 354 cm³/mol. The molecular formula is C66H74Cl3N9O24. The van der Waals surface area contributed by atoms with E-state index in [-0.39, 0.29) is 40.7 Å². The van der Waals surface area contributed by atoms with Crippen molar-refractivity contribution in [3.63, 3.8) is 0 Å². The van der Waals surface area contributed by atoms with Crippen LogP contribution in [0.25, 0.3) is 11.1 Å². The number of carbonyl (C=O) groups is 8. The number of aromatic hydroxyl groups is 3. The third-order valence-electron chi connectivity index (χ3n) is 17.8. The number of nitrogens with two attached hydrogens (primary N) is 2. The predicted octanol–water partition coefficient (Wildman–Crippen LogP) is 0.760. The highest BCUT2D eigenvalue weighted by molar-refractivity contribution is 6.37. The van der Waals surface area contributed by atoms with Crippen LogP contribution in [-0.4, -0.2) is 191 Å². The van der Waals surface area contributed by atoms with Gasteiger partial charge in [-0.05, 0) is 110 Å². The molecule has 7 aliphatic heterocycles. The van der Waals surface area contributed by atoms with Gasteiger partial charge in [-0.1, -0.05) is 60.8 Å². The lowest BCUT2D eigenvalue weighted by Gasteiger charge is -2.47. The summed E-state index contributed by atoms with van der Waals surface area (Å²) in [4.78, 5) is 117. The molecule has 0 saturated carbocycles. The fourth-order valence-corrected chi connectivity index (χ4v) is 13.4. The topological polar surface area (TPSA) is 530 Å². The molecule has 102 heavy (non-hydrogen) atoms. The number of fused-ring (bicyclic) bond motifs is 15. The van der Waals surface area contributed by atoms with Crippen LogP contribution < -0.4 is 62.9 Å². The number of phenolic OH excluding ortho intramolecular Hbond substituents is 3. The number of nitrogens with one attached hydrogen (secondary N) is 7. The van der Waals surface area contributed by atoms with Crippen LogP contribution in [-0.2, 0) is 52.6 Å². The van der Waals surface area contributed by atoms with Crippen molar-refractivity contribution < 1.29 is 118 Å². The lowest BCUT2D eigenvalue weighted by Crippen LogP contribution is -2.64. The molecule has 33 nitrogen and oxygen atoms in total. The fraction of sp³-hybridized carbons (Fsp3) is 0.424. The van der Waals surface area contributed by atoms with Crippen LogP contribution in [0.3, 0.4) is 0 Å². The zero-order valence-corrected chi connectivity index (χ0v) is 56.9. The van der Waals surface area contributed by atoms with Crippen molar-refractivity contribution in [1.29, 1.82) is 0 Å². The van der Waals surface area contributed by atoms with Crippen molar-refractivity contribution in [3.8, 4) is 57.1 Å². The van der Waals surface area contributed by atoms with Crippen LogP contribution in [0, 0.1) is 5.92 Å². The Morgan fingerprint density at radius 1 is 0.716 bits per heavy atom. The van der Waals surface area contributed by atoms with Gasteiger partial charge in [-0.25, -0.2) is 4.79 Å². The number of halogens is 3. The number of benzene rings is 5. The zero-order valence-electron chi connectivity index (χ0n) is 54.6. The maximum absolute atomic E-state index is 16.1. The molecule has 0 aromatic heterocycles. The summed E-state index contributed by atoms with van der Waals surface area (Å²) in [5.41, 5.74) is 7.75. The minimum Gasteiger partial charge on any atom is -0.508 e. The Morgan fingerprint density at radius 2 is 1.35 bits per heavy atom. The second-order valence-electron chi connectivity index (χ2n) is 25.8. The van der Waals surface area contributed by atoms with Gasteiger partial charge >= 0.3 is 5.97 Å². The lowest BCUT2D eigenvalue weighted by molar-refractivity contribution is -0.333. The minimum absolute atomic E-state index is 0.104. The summed E-state index contributed by atoms with van der Waals surface area (Å²) in [6.45, 7) is 5.61. The molecule has 18 atom stereocenters. The van der Waals surface area contributed by atoms with E-state index in [1.54, 1.807) is 0 Å². The molecule has 5 aromatic rings. The van der Waals surface area contributed by atoms with Crippen LogP contribution in [0.2, 0.25) is 15.1 Å². The highest BCUT2D eigenvalue weighted by Gasteiger charge is 2.52. The number of amides is 7. The van der Waals surface area contributed by atoms with E-state index in [0.717, 1.165) is 60.7 Å². The average molecular weight is 1480 g/mol. The van der Waals surface area contributed by atoms with Gasteiger partial charge in [0.1, 0.15) is 83.7 Å². The maximum Gasteiger partial charge on any atom is 0.330 e. The number of hydrogen-bond donors (Lipinski definition) is 19. The van der Waals surface area contributed by atoms with Gasteiger partial charge in [-0.2, -0.15) is 0 Å². The number of carbonyl (C=O) groups excluding carboxylic acids is 7. The number of carboxylic acid groups (broad SMARTS) is 1. The summed E-state index contributed by atoms with van der Waals surface area (Å²) >= 11 is 21.2. The number of phenols is 3. The van der Waals surface area contributed by atoms with Crippen molar-refractivity contribution in [3.05, 3.63) is 116 Å². The molecule has 0 spiro atoms. The Balaban J connectivity index is 1.25. The van der Waals surface area contributed by atoms with E-state index in [2.05, 4.69) is 37.2 Å². The number of ether oxygens (including phenoxy) is 6. The molecule has 7 heterocycles. The van der Waals surface area contributed by atoms with E-state index in [1.807, 2.05) is 13.8 Å². The number of likely N-dealkylation sites (N-methyl/N-ethyl adjacent to an activating group) is 1. The number of aliphatic carboxylic acids is 1. The summed E-state index contributed by atoms with van der Waals surface area (Å²) in [6.07, 6.45) is -18.9. The Kier molecular flexibility index (Phi) is 22.7. The van der Waals surface area contributed by atoms with Crippen molar-refractivity contribution >= 4 is 82.1 Å². The summed E-state index contributed by atoms with van der Waals surface area (Å²) in [6, 6.07) is -2.39. The van der Waals surface area contributed by atoms with Gasteiger partial charge in [0, 0.05) is 34.7 Å². The van der Waals surface area contributed by atoms with E-state index in [4.69, 9.17) is 74.7 Å². The van der Waals surface area contributed by atoms with Gasteiger partial charge in [0.05, 0.1) is 46.3 Å². The monoisotopic (exact) mass is 1480 g/mol. The molecule has 11 bridgehead atoms. The molecule has 36 heteroatoms. The van der Waals surface area contributed by atoms with Crippen molar-refractivity contribution in [1.82, 2.24) is 37.2 Å². The number of primary amides is 1. The van der Waals surface area contributed by atoms with E-state index < -0.39 is 248 Å². The SMILES string of the molecule is CNC(CC(C)C)C(=O)NC1C(=O)NC(CC(N)=O)C(=O)NC2C(=O)NC3C(=O)NC(C(=O)NC(C(=O)O)c4cc(O)cc(O)c4-c4cc3ccc4O)C(O)c3cc(Cl)c(c(Cl)c3)Oc3cc2cc(c3O[C@@H]2O[C@H](CO)[C@@H](O)[C@H](O)[C@H]2OC2CC(C)(N)C(O)C(C)O2)Oc2ccc(cc2Cl)C1O. The lowest BCUT2D eigenvalue weighted by atomic mass is 9.86. The van der Waals surface area contributed by atoms with Crippen LogP contribution in [0.15, 0.2) is 72.8 Å². The number of hydrogen-bond acceptors (Lipinski definition) is 25. The Morgan fingerprint density at radius 3 is 1.98 bits per heavy atom. The zero-order chi connectivity index (χ0) is 74.4. The molecule has 13 unspecified atom stereocenters. The van der Waals surface area contributed by atoms with Gasteiger partial charge < -0.3 is 128 Å². The normalized spacial score (nSPS) is 29.3. The molecule has 2 saturated heterocycles. The van der Waals surface area contributed by atoms with E-state index in [9.17, 15) is 75.0 Å². The van der Waals surface area contributed by atoms with Gasteiger partial charge in [0.2, 0.25) is 53.4 Å². The van der Waals surface area contributed by atoms with Crippen molar-refractivity contribution in [2.75, 3.05) is 13.7 Å². The number of aliphatic hydroxyl groups is 6. The number of aliphatic hydroxyl groups excluding tert-OH is 6. The first-order valence-electron chi connectivity index (χ1n) is 31.7. The molecule has 0 radical (unpaired) electrons. The minimum atomic E-state index is -2.38. The van der Waals surface area contributed by atoms with Gasteiger partial charge in [0.15, 0.2) is 35.7 Å². The number of carboxylic acids is 1. The quantitative estimate of drug-likeness (QED) is 0.0774. The summed E-state index contributed by atoms with van der Waals surface area (Å²) in [5.74, 6) is -16.6. The highest BCUT2D eigenvalue weighted by atomic mass is 35.5. The Labute approximate surface area is 594 Å². The first-order valence-corrected chi connectivity index (χ1v) is 32.9. The summed E-state index contributed by atoms with van der Waals surface area (Å²) in [7, 11) is 1.47. The first-order chi connectivity index (χ1) is 48.1. The van der Waals surface area contributed by atoms with Gasteiger partial charge in [-0.3, -0.25) is 33.6 Å². The van der Waals surface area contributed by atoms with Gasteiger partial charge in [0.25, 0.3) is 0 Å². The molecule has 548 valence electrons. The molecule has 5 aromatic carbocycles. The summed E-state index contributed by atoms with van der Waals surface area (Å²) in [5, 5.41) is 130. The second-order valence-corrected chi connectivity index (χ2v) is 27.1. The fourth-order valence-electron chi connectivity index (χ4n) is 12.5. The number of rotatable bonds is 13. The van der Waals surface area contributed by atoms with Crippen LogP contribution >= 0.6 is 34.8 Å². The largest absolute Gasteiger partial charge is 0.508 e. The van der Waals surface area contributed by atoms with E-state index in [1.165, 1.54) is 33.0 Å². The highest BCUT2D eigenvalue weighted by Crippen LogP contribution is 2.51. The van der Waals surface area contributed by atoms with E-state index >= 15 is 14.4 Å². The van der Waals surface area contributed by atoms with Gasteiger partial charge in [-0.15, -0.1) is 0 Å². The van der Waals surface area contributed by atoms with Crippen molar-refractivity contribution in [2.24, 2.45) is 17.4 Å². The smallest absolute Gasteiger partial charge is 0.330 e. The van der Waals surface area contributed by atoms with Crippen molar-refractivity contribution in [2.45, 2.75) is 156 Å². The Bertz CT molecular complexity index is 4110. The van der Waals surface area contributed by atoms with Crippen LogP contribution in [0.1, 0.15) is 105 Å². The standard InChI is InChI=1S/C66H74Cl3N9O24/c1-22(2)10-34(72-5)58(89)77-48-50(84)25-7-9-38(31(67)12-25)98-39-15-26-16-40(55(39)102-65-56(53(87)52(86)41(21-79)100-65)101-43-20-66(4,71)57(88)23(3)97-43)99-54-32(68)13-27(14-33(54)69)51(85)49-63(94)76-47(64(95)96)30-17-28(80)18-37(82)44(30)29-11-24(6-8-36(29)81)45(60(91)78-49)75-61(92)46(26)74-59(90)35(19-42(70)83)73-62(48)93/h6-9,11-18,22-23,34-35,41,43,45-53,56-57,65,72,79-82,84-88H,10,19-21,71H2,1-5H3,(H2,70,83)(H,73,93)(H,74,90)(H,75,92)(H,76,94)(H,77,89)(H,78,91)(H,95,96)/t23?,34?,35?,41-,43?,45?,46?,47?,48?,49?,50?,51?,52-,53+,56-,57?,65+,66?/m1/s1. The van der Waals surface area contributed by atoms with Crippen LogP contribution in [0.5, 0.6) is 46.0 Å². The van der Waals surface area contributed by atoms with Crippen LogP contribution in [0.4, 0.5) is 0 Å². The molecule has 2 fully saturated rings. The molecule has 0 aliphatic carbocycles. The third kappa shape index (κ3) is 15.8. The molecule has 12 rings (SSSR count). The summed E-state index contributed by atoms with van der Waals surface area (Å²) < 4.78 is 38.3. The maximum atomic E-state index is 16.1. The Hall–Kier alpha value is -8.91. The molecule has 21 N–H and O–H groups in total. The average Bonchev–Trinajstić information content (AvgIpc) is 0.765. The molecular weight excluding hydrogens is 1410 g/mol. The molecule has 7 amide bonds. The first kappa shape index (κ1) is 75.7. The molecule has 7 aliphatic rings. The second kappa shape index (κ2) is 30.6.